The van der Waals surface area contributed by atoms with Crippen molar-refractivity contribution in [3.63, 3.8) is 0 Å². The fourth-order valence-corrected chi connectivity index (χ4v) is 2.62. The zero-order valence-corrected chi connectivity index (χ0v) is 12.0. The number of rotatable bonds is 3. The van der Waals surface area contributed by atoms with Crippen molar-refractivity contribution in [1.82, 2.24) is 19.4 Å². The molecule has 0 aromatic carbocycles. The van der Waals surface area contributed by atoms with Gasteiger partial charge in [0.25, 0.3) is 0 Å². The van der Waals surface area contributed by atoms with E-state index < -0.39 is 0 Å². The topological polar surface area (TPSA) is 63.2 Å². The van der Waals surface area contributed by atoms with E-state index in [1.165, 1.54) is 0 Å². The second-order valence-corrected chi connectivity index (χ2v) is 5.47. The van der Waals surface area contributed by atoms with E-state index >= 15 is 0 Å². The van der Waals surface area contributed by atoms with Crippen molar-refractivity contribution in [3.05, 3.63) is 27.2 Å². The third-order valence-corrected chi connectivity index (χ3v) is 3.77. The Balaban J connectivity index is 1.81. The summed E-state index contributed by atoms with van der Waals surface area (Å²) in [4.78, 5) is 21.2. The predicted molar refractivity (Wildman–Crippen MR) is 75.3 cm³/mol. The van der Waals surface area contributed by atoms with Crippen molar-refractivity contribution in [1.29, 1.82) is 0 Å². The average molecular weight is 327 g/mol. The first-order valence-electron chi connectivity index (χ1n) is 6.28. The van der Waals surface area contributed by atoms with Gasteiger partial charge in [0.05, 0.1) is 18.7 Å². The molecule has 0 radical (unpaired) electrons. The lowest BCUT2D eigenvalue weighted by Crippen LogP contribution is -2.39. The molecule has 0 saturated carbocycles. The number of hydrogen-bond donors (Lipinski definition) is 1. The van der Waals surface area contributed by atoms with Crippen LogP contribution in [0.5, 0.6) is 0 Å². The van der Waals surface area contributed by atoms with E-state index in [-0.39, 0.29) is 5.69 Å². The second-order valence-electron chi connectivity index (χ2n) is 4.56. The molecule has 1 fully saturated rings. The van der Waals surface area contributed by atoms with Gasteiger partial charge in [-0.25, -0.2) is 9.78 Å². The van der Waals surface area contributed by atoms with E-state index in [1.807, 2.05) is 6.07 Å². The molecule has 2 aromatic heterocycles. The van der Waals surface area contributed by atoms with Crippen molar-refractivity contribution in [3.8, 4) is 0 Å². The summed E-state index contributed by atoms with van der Waals surface area (Å²) >= 11 is 3.38. The lowest BCUT2D eigenvalue weighted by Gasteiger charge is -2.26. The maximum absolute atomic E-state index is 11.9. The molecular formula is C12H15BrN4O2. The Kier molecular flexibility index (Phi) is 3.67. The van der Waals surface area contributed by atoms with Gasteiger partial charge in [-0.1, -0.05) is 0 Å². The Morgan fingerprint density at radius 1 is 1.37 bits per heavy atom. The van der Waals surface area contributed by atoms with Gasteiger partial charge in [-0.3, -0.25) is 14.5 Å². The summed E-state index contributed by atoms with van der Waals surface area (Å²) in [6, 6.07) is 1.92. The molecule has 1 aliphatic heterocycles. The minimum atomic E-state index is -0.103. The SMILES string of the molecule is O=c1[nH]c2ncc(Br)cc2n1CCN1CCOCC1. The van der Waals surface area contributed by atoms with E-state index in [2.05, 4.69) is 30.8 Å². The summed E-state index contributed by atoms with van der Waals surface area (Å²) in [5.41, 5.74) is 1.37. The molecular weight excluding hydrogens is 312 g/mol. The van der Waals surface area contributed by atoms with Crippen LogP contribution in [0.25, 0.3) is 11.2 Å². The summed E-state index contributed by atoms with van der Waals surface area (Å²) in [5, 5.41) is 0. The first-order chi connectivity index (χ1) is 9.24. The third-order valence-electron chi connectivity index (χ3n) is 3.34. The van der Waals surface area contributed by atoms with Crippen molar-refractivity contribution < 1.29 is 4.74 Å². The van der Waals surface area contributed by atoms with Crippen LogP contribution >= 0.6 is 15.9 Å². The smallest absolute Gasteiger partial charge is 0.327 e. The number of nitrogens with zero attached hydrogens (tertiary/aromatic N) is 3. The van der Waals surface area contributed by atoms with Gasteiger partial charge in [0.2, 0.25) is 0 Å². The Morgan fingerprint density at radius 2 is 2.16 bits per heavy atom. The van der Waals surface area contributed by atoms with Crippen LogP contribution in [0.15, 0.2) is 21.5 Å². The molecule has 3 heterocycles. The second kappa shape index (κ2) is 5.44. The number of aromatic nitrogens is 3. The zero-order chi connectivity index (χ0) is 13.2. The fourth-order valence-electron chi connectivity index (χ4n) is 2.30. The normalized spacial score (nSPS) is 17.1. The van der Waals surface area contributed by atoms with Crippen LogP contribution in [0.2, 0.25) is 0 Å². The van der Waals surface area contributed by atoms with Crippen LogP contribution in [-0.2, 0) is 11.3 Å². The number of nitrogens with one attached hydrogen (secondary N) is 1. The summed E-state index contributed by atoms with van der Waals surface area (Å²) in [6.45, 7) is 4.92. The van der Waals surface area contributed by atoms with Gasteiger partial charge < -0.3 is 4.74 Å². The van der Waals surface area contributed by atoms with Gasteiger partial charge in [-0.15, -0.1) is 0 Å². The Hall–Kier alpha value is -1.18. The van der Waals surface area contributed by atoms with Gasteiger partial charge in [-0.2, -0.15) is 0 Å². The summed E-state index contributed by atoms with van der Waals surface area (Å²) in [6.07, 6.45) is 1.69. The largest absolute Gasteiger partial charge is 0.379 e. The average Bonchev–Trinajstić information content (AvgIpc) is 2.73. The lowest BCUT2D eigenvalue weighted by molar-refractivity contribution is 0.0364. The first-order valence-corrected chi connectivity index (χ1v) is 7.07. The molecule has 102 valence electrons. The fraction of sp³-hybridized carbons (Fsp3) is 0.500. The summed E-state index contributed by atoms with van der Waals surface area (Å²) in [7, 11) is 0. The summed E-state index contributed by atoms with van der Waals surface area (Å²) in [5.74, 6) is 0. The minimum Gasteiger partial charge on any atom is -0.379 e. The number of aromatic amines is 1. The van der Waals surface area contributed by atoms with Crippen molar-refractivity contribution >= 4 is 27.1 Å². The van der Waals surface area contributed by atoms with Crippen molar-refractivity contribution in [2.24, 2.45) is 0 Å². The van der Waals surface area contributed by atoms with Gasteiger partial charge in [-0.05, 0) is 22.0 Å². The van der Waals surface area contributed by atoms with Crippen LogP contribution in [0.3, 0.4) is 0 Å². The summed E-state index contributed by atoms with van der Waals surface area (Å²) < 4.78 is 7.93. The highest BCUT2D eigenvalue weighted by Crippen LogP contribution is 2.14. The van der Waals surface area contributed by atoms with Crippen LogP contribution in [0.4, 0.5) is 0 Å². The molecule has 1 aliphatic rings. The van der Waals surface area contributed by atoms with E-state index in [1.54, 1.807) is 10.8 Å². The van der Waals surface area contributed by atoms with Crippen LogP contribution in [0.1, 0.15) is 0 Å². The lowest BCUT2D eigenvalue weighted by atomic mass is 10.4. The van der Waals surface area contributed by atoms with Gasteiger partial charge in [0, 0.05) is 36.8 Å². The monoisotopic (exact) mass is 326 g/mol. The number of hydrogen-bond acceptors (Lipinski definition) is 4. The molecule has 0 bridgehead atoms. The maximum atomic E-state index is 11.9. The quantitative estimate of drug-likeness (QED) is 0.907. The molecule has 1 saturated heterocycles. The minimum absolute atomic E-state index is 0.103. The Morgan fingerprint density at radius 3 is 2.95 bits per heavy atom. The number of H-pyrrole nitrogens is 1. The number of halogens is 1. The van der Waals surface area contributed by atoms with Gasteiger partial charge in [0.1, 0.15) is 0 Å². The predicted octanol–water partition coefficient (Wildman–Crippen LogP) is 0.819. The molecule has 3 rings (SSSR count). The highest BCUT2D eigenvalue weighted by Gasteiger charge is 2.12. The molecule has 0 spiro atoms. The maximum Gasteiger partial charge on any atom is 0.327 e. The van der Waals surface area contributed by atoms with E-state index in [4.69, 9.17) is 4.74 Å². The standard InChI is InChI=1S/C12H15BrN4O2/c13-9-7-10-11(14-8-9)15-12(18)17(10)2-1-16-3-5-19-6-4-16/h7-8H,1-6H2,(H,14,15,18). The van der Waals surface area contributed by atoms with Crippen molar-refractivity contribution in [2.75, 3.05) is 32.8 Å². The van der Waals surface area contributed by atoms with Crippen molar-refractivity contribution in [2.45, 2.75) is 6.54 Å². The first kappa shape index (κ1) is 12.8. The van der Waals surface area contributed by atoms with Crippen LogP contribution in [-0.4, -0.2) is 52.3 Å². The number of morpholine rings is 1. The highest BCUT2D eigenvalue weighted by molar-refractivity contribution is 9.10. The van der Waals surface area contributed by atoms with Crippen LogP contribution in [0, 0.1) is 0 Å². The number of fused-ring (bicyclic) bond motifs is 1. The number of pyridine rings is 1. The number of imidazole rings is 1. The van der Waals surface area contributed by atoms with E-state index in [0.29, 0.717) is 12.2 Å². The molecule has 0 aliphatic carbocycles. The molecule has 1 N–H and O–H groups in total. The Labute approximate surface area is 118 Å². The zero-order valence-electron chi connectivity index (χ0n) is 10.4. The molecule has 0 unspecified atom stereocenters. The highest BCUT2D eigenvalue weighted by atomic mass is 79.9. The molecule has 7 heteroatoms. The molecule has 2 aromatic rings. The Bertz CT molecular complexity index is 630. The van der Waals surface area contributed by atoms with E-state index in [0.717, 1.165) is 42.8 Å². The molecule has 0 amide bonds. The molecule has 19 heavy (non-hydrogen) atoms. The van der Waals surface area contributed by atoms with Gasteiger partial charge >= 0.3 is 5.69 Å². The number of ether oxygens (including phenoxy) is 1. The molecule has 0 atom stereocenters. The van der Waals surface area contributed by atoms with Gasteiger partial charge in [0.15, 0.2) is 5.65 Å². The molecule has 6 nitrogen and oxygen atoms in total. The third kappa shape index (κ3) is 2.72. The van der Waals surface area contributed by atoms with Crippen LogP contribution < -0.4 is 5.69 Å². The van der Waals surface area contributed by atoms with E-state index in [9.17, 15) is 4.79 Å².